The van der Waals surface area contributed by atoms with Gasteiger partial charge < -0.3 is 16.0 Å². The van der Waals surface area contributed by atoms with Gasteiger partial charge in [-0.25, -0.2) is 4.79 Å². The molecule has 1 aliphatic rings. The molecule has 1 aliphatic heterocycles. The molecule has 4 nitrogen and oxygen atoms in total. The third-order valence-corrected chi connectivity index (χ3v) is 3.37. The van der Waals surface area contributed by atoms with Crippen LogP contribution < -0.4 is 11.1 Å². The van der Waals surface area contributed by atoms with Crippen LogP contribution >= 0.6 is 11.3 Å². The molecular formula is C9H13N3OS. The number of carbonyl (C=O) groups is 1. The second kappa shape index (κ2) is 3.98. The lowest BCUT2D eigenvalue weighted by atomic mass is 10.1. The van der Waals surface area contributed by atoms with E-state index in [0.717, 1.165) is 13.1 Å². The third-order valence-electron chi connectivity index (χ3n) is 2.40. The average molecular weight is 211 g/mol. The summed E-state index contributed by atoms with van der Waals surface area (Å²) in [6.07, 6.45) is 0. The van der Waals surface area contributed by atoms with Gasteiger partial charge in [0.2, 0.25) is 0 Å². The van der Waals surface area contributed by atoms with Crippen molar-refractivity contribution in [1.82, 2.24) is 10.2 Å². The van der Waals surface area contributed by atoms with Crippen molar-refractivity contribution in [3.05, 3.63) is 22.4 Å². The summed E-state index contributed by atoms with van der Waals surface area (Å²) in [5, 5.41) is 5.28. The Morgan fingerprint density at radius 1 is 1.71 bits per heavy atom. The zero-order valence-corrected chi connectivity index (χ0v) is 8.59. The number of rotatable bonds is 1. The molecule has 5 heteroatoms. The molecule has 1 atom stereocenters. The maximum Gasteiger partial charge on any atom is 0.315 e. The molecule has 0 saturated carbocycles. The molecule has 2 heterocycles. The molecule has 1 unspecified atom stereocenters. The molecule has 0 aromatic carbocycles. The Bertz CT molecular complexity index is 312. The number of hydrogen-bond acceptors (Lipinski definition) is 3. The summed E-state index contributed by atoms with van der Waals surface area (Å²) in [6, 6.07) is 3.82. The van der Waals surface area contributed by atoms with Gasteiger partial charge in [-0.2, -0.15) is 0 Å². The highest BCUT2D eigenvalue weighted by molar-refractivity contribution is 7.10. The topological polar surface area (TPSA) is 58.4 Å². The van der Waals surface area contributed by atoms with Crippen molar-refractivity contribution >= 4 is 17.4 Å². The number of nitrogens with zero attached hydrogens (tertiary/aromatic N) is 1. The van der Waals surface area contributed by atoms with Gasteiger partial charge >= 0.3 is 6.03 Å². The van der Waals surface area contributed by atoms with E-state index in [2.05, 4.69) is 5.32 Å². The van der Waals surface area contributed by atoms with E-state index < -0.39 is 0 Å². The number of nitrogens with two attached hydrogens (primary N) is 1. The third kappa shape index (κ3) is 1.73. The first kappa shape index (κ1) is 9.48. The summed E-state index contributed by atoms with van der Waals surface area (Å²) in [5.74, 6) is 0. The van der Waals surface area contributed by atoms with Gasteiger partial charge in [0.25, 0.3) is 0 Å². The highest BCUT2D eigenvalue weighted by Gasteiger charge is 2.26. The number of amides is 2. The quantitative estimate of drug-likeness (QED) is 0.721. The van der Waals surface area contributed by atoms with Crippen LogP contribution in [0.15, 0.2) is 17.5 Å². The fraction of sp³-hybridized carbons (Fsp3) is 0.444. The number of primary amides is 1. The molecule has 3 N–H and O–H groups in total. The molecule has 1 fully saturated rings. The van der Waals surface area contributed by atoms with E-state index in [-0.39, 0.29) is 12.1 Å². The standard InChI is InChI=1S/C9H13N3OS/c10-9(13)12-4-3-11-6-7(12)8-2-1-5-14-8/h1-2,5,7,11H,3-4,6H2,(H2,10,13). The van der Waals surface area contributed by atoms with Gasteiger partial charge in [0.05, 0.1) is 6.04 Å². The molecule has 76 valence electrons. The maximum atomic E-state index is 11.2. The Morgan fingerprint density at radius 2 is 2.57 bits per heavy atom. The number of thiophene rings is 1. The Morgan fingerprint density at radius 3 is 3.21 bits per heavy atom. The van der Waals surface area contributed by atoms with Crippen LogP contribution in [-0.2, 0) is 0 Å². The van der Waals surface area contributed by atoms with Crippen LogP contribution in [-0.4, -0.2) is 30.6 Å². The molecule has 0 spiro atoms. The predicted molar refractivity (Wildman–Crippen MR) is 56.2 cm³/mol. The van der Waals surface area contributed by atoms with Gasteiger partial charge in [-0.1, -0.05) is 6.07 Å². The van der Waals surface area contributed by atoms with Gasteiger partial charge in [0.1, 0.15) is 0 Å². The minimum Gasteiger partial charge on any atom is -0.351 e. The van der Waals surface area contributed by atoms with Gasteiger partial charge in [-0.3, -0.25) is 0 Å². The van der Waals surface area contributed by atoms with Crippen molar-refractivity contribution in [2.75, 3.05) is 19.6 Å². The Balaban J connectivity index is 2.18. The minimum absolute atomic E-state index is 0.112. The number of piperazine rings is 1. The maximum absolute atomic E-state index is 11.2. The zero-order valence-electron chi connectivity index (χ0n) is 7.77. The fourth-order valence-electron chi connectivity index (χ4n) is 1.70. The van der Waals surface area contributed by atoms with E-state index >= 15 is 0 Å². The molecule has 1 aromatic rings. The van der Waals surface area contributed by atoms with Crippen molar-refractivity contribution in [3.8, 4) is 0 Å². The number of hydrogen-bond donors (Lipinski definition) is 2. The second-order valence-electron chi connectivity index (χ2n) is 3.27. The van der Waals surface area contributed by atoms with Gasteiger partial charge in [0, 0.05) is 24.5 Å². The first-order valence-corrected chi connectivity index (χ1v) is 5.47. The van der Waals surface area contributed by atoms with Gasteiger partial charge in [0.15, 0.2) is 0 Å². The van der Waals surface area contributed by atoms with E-state index in [9.17, 15) is 4.79 Å². The highest BCUT2D eigenvalue weighted by atomic mass is 32.1. The summed E-state index contributed by atoms with van der Waals surface area (Å²) in [4.78, 5) is 14.1. The van der Waals surface area contributed by atoms with Crippen molar-refractivity contribution < 1.29 is 4.79 Å². The van der Waals surface area contributed by atoms with Gasteiger partial charge in [-0.05, 0) is 11.4 Å². The second-order valence-corrected chi connectivity index (χ2v) is 4.25. The first-order chi connectivity index (χ1) is 6.79. The molecule has 2 rings (SSSR count). The van der Waals surface area contributed by atoms with Gasteiger partial charge in [-0.15, -0.1) is 11.3 Å². The summed E-state index contributed by atoms with van der Waals surface area (Å²) in [6.45, 7) is 2.31. The minimum atomic E-state index is -0.329. The first-order valence-electron chi connectivity index (χ1n) is 4.59. The van der Waals surface area contributed by atoms with Crippen LogP contribution in [0.4, 0.5) is 4.79 Å². The normalized spacial score (nSPS) is 22.3. The summed E-state index contributed by atoms with van der Waals surface area (Å²) in [5.41, 5.74) is 5.33. The van der Waals surface area contributed by atoms with Crippen molar-refractivity contribution in [1.29, 1.82) is 0 Å². The molecular weight excluding hydrogens is 198 g/mol. The molecule has 0 aliphatic carbocycles. The zero-order chi connectivity index (χ0) is 9.97. The van der Waals surface area contributed by atoms with E-state index in [0.29, 0.717) is 6.54 Å². The van der Waals surface area contributed by atoms with E-state index in [1.807, 2.05) is 17.5 Å². The Kier molecular flexibility index (Phi) is 2.69. The van der Waals surface area contributed by atoms with Crippen LogP contribution in [0.25, 0.3) is 0 Å². The van der Waals surface area contributed by atoms with Crippen LogP contribution in [0, 0.1) is 0 Å². The van der Waals surface area contributed by atoms with Crippen molar-refractivity contribution in [2.24, 2.45) is 5.73 Å². The number of carbonyl (C=O) groups excluding carboxylic acids is 1. The number of nitrogens with one attached hydrogen (secondary N) is 1. The van der Waals surface area contributed by atoms with Crippen LogP contribution in [0.3, 0.4) is 0 Å². The largest absolute Gasteiger partial charge is 0.351 e. The molecule has 1 saturated heterocycles. The number of urea groups is 1. The highest BCUT2D eigenvalue weighted by Crippen LogP contribution is 2.25. The molecule has 2 amide bonds. The lowest BCUT2D eigenvalue weighted by molar-refractivity contribution is 0.169. The summed E-state index contributed by atoms with van der Waals surface area (Å²) >= 11 is 1.66. The van der Waals surface area contributed by atoms with E-state index in [4.69, 9.17) is 5.73 Å². The fourth-order valence-corrected chi connectivity index (χ4v) is 2.54. The van der Waals surface area contributed by atoms with E-state index in [1.165, 1.54) is 4.88 Å². The summed E-state index contributed by atoms with van der Waals surface area (Å²) in [7, 11) is 0. The summed E-state index contributed by atoms with van der Waals surface area (Å²) < 4.78 is 0. The van der Waals surface area contributed by atoms with Crippen LogP contribution in [0.2, 0.25) is 0 Å². The van der Waals surface area contributed by atoms with Crippen LogP contribution in [0.1, 0.15) is 10.9 Å². The lowest BCUT2D eigenvalue weighted by Crippen LogP contribution is -2.50. The van der Waals surface area contributed by atoms with Crippen LogP contribution in [0.5, 0.6) is 0 Å². The smallest absolute Gasteiger partial charge is 0.315 e. The predicted octanol–water partition coefficient (Wildman–Crippen LogP) is 0.773. The molecule has 14 heavy (non-hydrogen) atoms. The molecule has 1 aromatic heterocycles. The SMILES string of the molecule is NC(=O)N1CCNCC1c1cccs1. The van der Waals surface area contributed by atoms with Crippen molar-refractivity contribution in [3.63, 3.8) is 0 Å². The average Bonchev–Trinajstić information content (AvgIpc) is 2.70. The molecule has 0 bridgehead atoms. The molecule has 0 radical (unpaired) electrons. The Hall–Kier alpha value is -1.07. The van der Waals surface area contributed by atoms with E-state index in [1.54, 1.807) is 16.2 Å². The van der Waals surface area contributed by atoms with Crippen molar-refractivity contribution in [2.45, 2.75) is 6.04 Å². The lowest BCUT2D eigenvalue weighted by Gasteiger charge is -2.34. The Labute approximate surface area is 86.7 Å². The monoisotopic (exact) mass is 211 g/mol.